The molecule has 5 heteroatoms. The minimum atomic E-state index is -0.0287. The van der Waals surface area contributed by atoms with Crippen LogP contribution >= 0.6 is 11.9 Å². The number of piperidine rings is 1. The van der Waals surface area contributed by atoms with E-state index in [4.69, 9.17) is 0 Å². The van der Waals surface area contributed by atoms with Gasteiger partial charge in [-0.1, -0.05) is 0 Å². The molecule has 0 spiro atoms. The summed E-state index contributed by atoms with van der Waals surface area (Å²) in [7, 11) is 0. The normalized spacial score (nSPS) is 20.8. The SMILES string of the molecule is O=C1CCCC(=O)N1CCC1=CNSC=C1. The molecule has 0 radical (unpaired) electrons. The molecule has 4 nitrogen and oxygen atoms in total. The molecule has 1 fully saturated rings. The van der Waals surface area contributed by atoms with Crippen molar-refractivity contribution in [3.05, 3.63) is 23.3 Å². The van der Waals surface area contributed by atoms with Crippen molar-refractivity contribution in [3.8, 4) is 0 Å². The summed E-state index contributed by atoms with van der Waals surface area (Å²) in [6, 6.07) is 0. The Bertz CT molecular complexity index is 347. The summed E-state index contributed by atoms with van der Waals surface area (Å²) in [6.07, 6.45) is 6.35. The fourth-order valence-electron chi connectivity index (χ4n) is 1.76. The molecule has 2 aliphatic heterocycles. The van der Waals surface area contributed by atoms with Gasteiger partial charge in [-0.05, 0) is 41.8 Å². The quantitative estimate of drug-likeness (QED) is 0.599. The van der Waals surface area contributed by atoms with E-state index in [-0.39, 0.29) is 11.8 Å². The molecule has 16 heavy (non-hydrogen) atoms. The smallest absolute Gasteiger partial charge is 0.229 e. The number of nitrogens with zero attached hydrogens (tertiary/aromatic N) is 1. The Kier molecular flexibility index (Phi) is 3.66. The first-order valence-corrected chi connectivity index (χ1v) is 6.25. The zero-order valence-electron chi connectivity index (χ0n) is 8.94. The standard InChI is InChI=1S/C11H14N2O2S/c14-10-2-1-3-11(15)13(10)6-4-9-5-7-16-12-8-9/h5,7-8,12H,1-4,6H2. The van der Waals surface area contributed by atoms with E-state index in [2.05, 4.69) is 4.72 Å². The van der Waals surface area contributed by atoms with Gasteiger partial charge in [-0.15, -0.1) is 0 Å². The second kappa shape index (κ2) is 5.21. The molecule has 2 aliphatic rings. The summed E-state index contributed by atoms with van der Waals surface area (Å²) >= 11 is 1.51. The topological polar surface area (TPSA) is 49.4 Å². The fourth-order valence-corrected chi connectivity index (χ4v) is 2.30. The highest BCUT2D eigenvalue weighted by Crippen LogP contribution is 2.16. The van der Waals surface area contributed by atoms with Crippen molar-refractivity contribution < 1.29 is 9.59 Å². The fraction of sp³-hybridized carbons (Fsp3) is 0.455. The van der Waals surface area contributed by atoms with Gasteiger partial charge in [0.1, 0.15) is 0 Å². The molecule has 0 aromatic carbocycles. The van der Waals surface area contributed by atoms with Crippen LogP contribution in [-0.2, 0) is 9.59 Å². The van der Waals surface area contributed by atoms with Crippen LogP contribution in [0.3, 0.4) is 0 Å². The molecule has 2 heterocycles. The highest BCUT2D eigenvalue weighted by molar-refractivity contribution is 8.00. The maximum Gasteiger partial charge on any atom is 0.229 e. The highest BCUT2D eigenvalue weighted by Gasteiger charge is 2.25. The number of carbonyl (C=O) groups is 2. The van der Waals surface area contributed by atoms with Crippen LogP contribution in [0.25, 0.3) is 0 Å². The summed E-state index contributed by atoms with van der Waals surface area (Å²) in [5, 5.41) is 1.95. The van der Waals surface area contributed by atoms with E-state index in [1.54, 1.807) is 0 Å². The number of amides is 2. The van der Waals surface area contributed by atoms with Crippen LogP contribution in [0.1, 0.15) is 25.7 Å². The lowest BCUT2D eigenvalue weighted by atomic mass is 10.1. The number of hydrogen-bond donors (Lipinski definition) is 1. The molecule has 2 amide bonds. The first kappa shape index (κ1) is 11.3. The highest BCUT2D eigenvalue weighted by atomic mass is 32.2. The molecule has 0 atom stereocenters. The second-order valence-corrected chi connectivity index (χ2v) is 4.54. The lowest BCUT2D eigenvalue weighted by Gasteiger charge is -2.25. The Morgan fingerprint density at radius 3 is 2.69 bits per heavy atom. The number of rotatable bonds is 3. The van der Waals surface area contributed by atoms with Crippen LogP contribution in [0, 0.1) is 0 Å². The lowest BCUT2D eigenvalue weighted by Crippen LogP contribution is -2.40. The number of likely N-dealkylation sites (tertiary alicyclic amines) is 1. The number of hydrogen-bond acceptors (Lipinski definition) is 4. The third-order valence-electron chi connectivity index (χ3n) is 2.67. The van der Waals surface area contributed by atoms with E-state index in [0.29, 0.717) is 25.8 Å². The van der Waals surface area contributed by atoms with E-state index < -0.39 is 0 Å². The predicted octanol–water partition coefficient (Wildman–Crippen LogP) is 1.56. The van der Waals surface area contributed by atoms with Crippen LogP contribution in [0.2, 0.25) is 0 Å². The van der Waals surface area contributed by atoms with Gasteiger partial charge < -0.3 is 4.72 Å². The molecule has 0 aromatic rings. The average molecular weight is 238 g/mol. The summed E-state index contributed by atoms with van der Waals surface area (Å²) in [4.78, 5) is 24.4. The van der Waals surface area contributed by atoms with Gasteiger partial charge in [0, 0.05) is 25.6 Å². The van der Waals surface area contributed by atoms with Crippen molar-refractivity contribution in [2.75, 3.05) is 6.54 Å². The van der Waals surface area contributed by atoms with Gasteiger partial charge in [0.15, 0.2) is 0 Å². The third kappa shape index (κ3) is 2.66. The summed E-state index contributed by atoms with van der Waals surface area (Å²) in [5.74, 6) is -0.0575. The lowest BCUT2D eigenvalue weighted by molar-refractivity contribution is -0.147. The van der Waals surface area contributed by atoms with Gasteiger partial charge >= 0.3 is 0 Å². The Labute approximate surface area is 98.9 Å². The molecule has 0 aliphatic carbocycles. The maximum absolute atomic E-state index is 11.5. The van der Waals surface area contributed by atoms with Gasteiger partial charge in [0.05, 0.1) is 0 Å². The molecule has 86 valence electrons. The molecule has 0 unspecified atom stereocenters. The Morgan fingerprint density at radius 2 is 2.06 bits per heavy atom. The first-order chi connectivity index (χ1) is 7.77. The molecule has 1 N–H and O–H groups in total. The van der Waals surface area contributed by atoms with Crippen molar-refractivity contribution in [1.82, 2.24) is 9.62 Å². The van der Waals surface area contributed by atoms with E-state index >= 15 is 0 Å². The van der Waals surface area contributed by atoms with Gasteiger partial charge in [-0.2, -0.15) is 0 Å². The maximum atomic E-state index is 11.5. The number of nitrogens with one attached hydrogen (secondary N) is 1. The minimum absolute atomic E-state index is 0.0287. The van der Waals surface area contributed by atoms with Crippen LogP contribution in [-0.4, -0.2) is 23.3 Å². The molecule has 1 saturated heterocycles. The molecule has 0 saturated carbocycles. The minimum Gasteiger partial charge on any atom is -0.333 e. The molecular weight excluding hydrogens is 224 g/mol. The van der Waals surface area contributed by atoms with E-state index in [1.165, 1.54) is 16.8 Å². The van der Waals surface area contributed by atoms with E-state index in [0.717, 1.165) is 12.0 Å². The van der Waals surface area contributed by atoms with Crippen molar-refractivity contribution in [3.63, 3.8) is 0 Å². The summed E-state index contributed by atoms with van der Waals surface area (Å²) in [6.45, 7) is 0.500. The van der Waals surface area contributed by atoms with Crippen LogP contribution in [0.15, 0.2) is 23.3 Å². The second-order valence-electron chi connectivity index (χ2n) is 3.80. The molecule has 2 rings (SSSR count). The summed E-state index contributed by atoms with van der Waals surface area (Å²) in [5.41, 5.74) is 1.12. The largest absolute Gasteiger partial charge is 0.333 e. The zero-order valence-corrected chi connectivity index (χ0v) is 9.76. The first-order valence-electron chi connectivity index (χ1n) is 5.37. The number of imide groups is 1. The summed E-state index contributed by atoms with van der Waals surface area (Å²) < 4.78 is 3.02. The van der Waals surface area contributed by atoms with Crippen LogP contribution in [0.4, 0.5) is 0 Å². The number of allylic oxidation sites excluding steroid dienone is 1. The number of carbonyl (C=O) groups excluding carboxylic acids is 2. The van der Waals surface area contributed by atoms with E-state index in [9.17, 15) is 9.59 Å². The Hall–Kier alpha value is -1.23. The van der Waals surface area contributed by atoms with Gasteiger partial charge in [-0.25, -0.2) is 0 Å². The molecule has 0 aromatic heterocycles. The van der Waals surface area contributed by atoms with Crippen LogP contribution < -0.4 is 4.72 Å². The van der Waals surface area contributed by atoms with Crippen molar-refractivity contribution in [2.24, 2.45) is 0 Å². The van der Waals surface area contributed by atoms with Gasteiger partial charge in [0.2, 0.25) is 11.8 Å². The van der Waals surface area contributed by atoms with Gasteiger partial charge in [0.25, 0.3) is 0 Å². The molecular formula is C11H14N2O2S. The van der Waals surface area contributed by atoms with Crippen molar-refractivity contribution >= 4 is 23.8 Å². The predicted molar refractivity (Wildman–Crippen MR) is 63.1 cm³/mol. The van der Waals surface area contributed by atoms with Gasteiger partial charge in [-0.3, -0.25) is 14.5 Å². The average Bonchev–Trinajstić information content (AvgIpc) is 2.30. The van der Waals surface area contributed by atoms with Crippen LogP contribution in [0.5, 0.6) is 0 Å². The van der Waals surface area contributed by atoms with Crippen molar-refractivity contribution in [1.29, 1.82) is 0 Å². The Morgan fingerprint density at radius 1 is 1.31 bits per heavy atom. The zero-order chi connectivity index (χ0) is 11.4. The van der Waals surface area contributed by atoms with Crippen molar-refractivity contribution in [2.45, 2.75) is 25.7 Å². The third-order valence-corrected chi connectivity index (χ3v) is 3.20. The Balaban J connectivity index is 1.88. The molecule has 0 bridgehead atoms. The monoisotopic (exact) mass is 238 g/mol. The van der Waals surface area contributed by atoms with E-state index in [1.807, 2.05) is 17.7 Å².